The topological polar surface area (TPSA) is 74.8 Å². The van der Waals surface area contributed by atoms with Crippen LogP contribution in [0.15, 0.2) is 4.99 Å². The first kappa shape index (κ1) is 21.4. The normalized spacial score (nSPS) is 22.0. The second kappa shape index (κ2) is 9.54. The van der Waals surface area contributed by atoms with Crippen LogP contribution in [0.4, 0.5) is 0 Å². The van der Waals surface area contributed by atoms with Gasteiger partial charge in [0.15, 0.2) is 5.96 Å². The quantitative estimate of drug-likeness (QED) is 0.355. The average molecular weight is 426 g/mol. The maximum Gasteiger partial charge on any atom is 0.242 e. The van der Waals surface area contributed by atoms with E-state index in [0.29, 0.717) is 12.5 Å². The number of hydrogen-bond acceptors (Lipinski definition) is 3. The standard InChI is InChI=1S/C15H30N4O2.HI/c1-6-16-13(17-10-12(20)19-14(2,3)4)18-11-15(5)8-7-9-21-15;/h6-11H2,1-5H3,(H,19,20)(H2,16,17,18);1H. The molecule has 0 aromatic heterocycles. The molecule has 1 saturated heterocycles. The summed E-state index contributed by atoms with van der Waals surface area (Å²) < 4.78 is 5.74. The highest BCUT2D eigenvalue weighted by Crippen LogP contribution is 2.23. The molecular formula is C15H31IN4O2. The molecule has 0 aromatic carbocycles. The molecular weight excluding hydrogens is 395 g/mol. The number of halogens is 1. The average Bonchev–Trinajstić information content (AvgIpc) is 2.78. The maximum atomic E-state index is 11.8. The van der Waals surface area contributed by atoms with E-state index in [2.05, 4.69) is 27.9 Å². The summed E-state index contributed by atoms with van der Waals surface area (Å²) >= 11 is 0. The lowest BCUT2D eigenvalue weighted by Crippen LogP contribution is -2.46. The van der Waals surface area contributed by atoms with Crippen molar-refractivity contribution in [2.45, 2.75) is 58.6 Å². The Morgan fingerprint density at radius 1 is 1.32 bits per heavy atom. The van der Waals surface area contributed by atoms with Gasteiger partial charge in [-0.25, -0.2) is 4.99 Å². The van der Waals surface area contributed by atoms with Gasteiger partial charge in [0.2, 0.25) is 5.91 Å². The number of ether oxygens (including phenoxy) is 1. The van der Waals surface area contributed by atoms with E-state index in [9.17, 15) is 4.79 Å². The highest BCUT2D eigenvalue weighted by atomic mass is 127. The fourth-order valence-electron chi connectivity index (χ4n) is 2.20. The van der Waals surface area contributed by atoms with E-state index in [-0.39, 0.29) is 47.6 Å². The van der Waals surface area contributed by atoms with E-state index in [4.69, 9.17) is 4.74 Å². The third-order valence-electron chi connectivity index (χ3n) is 3.17. The molecule has 130 valence electrons. The zero-order valence-corrected chi connectivity index (χ0v) is 16.7. The molecule has 3 N–H and O–H groups in total. The third kappa shape index (κ3) is 8.77. The van der Waals surface area contributed by atoms with Crippen LogP contribution in [0, 0.1) is 0 Å². The number of carbonyl (C=O) groups is 1. The van der Waals surface area contributed by atoms with Crippen molar-refractivity contribution in [3.05, 3.63) is 0 Å². The number of carbonyl (C=O) groups excluding carboxylic acids is 1. The number of aliphatic imine (C=N–C) groups is 1. The number of rotatable bonds is 5. The number of guanidine groups is 1. The Balaban J connectivity index is 0.00000441. The second-order valence-electron chi connectivity index (χ2n) is 6.75. The fraction of sp³-hybridized carbons (Fsp3) is 0.867. The van der Waals surface area contributed by atoms with Gasteiger partial charge in [0.1, 0.15) is 6.54 Å². The summed E-state index contributed by atoms with van der Waals surface area (Å²) in [6.07, 6.45) is 2.14. The van der Waals surface area contributed by atoms with E-state index in [1.807, 2.05) is 27.7 Å². The van der Waals surface area contributed by atoms with Crippen LogP contribution in [0.5, 0.6) is 0 Å². The number of amides is 1. The zero-order valence-electron chi connectivity index (χ0n) is 14.4. The van der Waals surface area contributed by atoms with Crippen molar-refractivity contribution in [3.63, 3.8) is 0 Å². The summed E-state index contributed by atoms with van der Waals surface area (Å²) in [5.41, 5.74) is -0.368. The molecule has 6 nitrogen and oxygen atoms in total. The predicted octanol–water partition coefficient (Wildman–Crippen LogP) is 1.64. The van der Waals surface area contributed by atoms with Gasteiger partial charge in [-0.1, -0.05) is 0 Å². The lowest BCUT2D eigenvalue weighted by Gasteiger charge is -2.24. The van der Waals surface area contributed by atoms with E-state index >= 15 is 0 Å². The van der Waals surface area contributed by atoms with Gasteiger partial charge in [0.05, 0.1) is 5.60 Å². The van der Waals surface area contributed by atoms with Crippen LogP contribution >= 0.6 is 24.0 Å². The molecule has 1 aliphatic rings. The molecule has 0 aromatic rings. The van der Waals surface area contributed by atoms with Gasteiger partial charge in [-0.05, 0) is 47.5 Å². The summed E-state index contributed by atoms with van der Waals surface area (Å²) in [4.78, 5) is 16.1. The minimum absolute atomic E-state index is 0. The Kier molecular flexibility index (Phi) is 9.30. The second-order valence-corrected chi connectivity index (χ2v) is 6.75. The molecule has 22 heavy (non-hydrogen) atoms. The van der Waals surface area contributed by atoms with E-state index in [1.165, 1.54) is 0 Å². The van der Waals surface area contributed by atoms with Crippen LogP contribution in [0.2, 0.25) is 0 Å². The lowest BCUT2D eigenvalue weighted by atomic mass is 10.0. The van der Waals surface area contributed by atoms with Crippen LogP contribution in [0.3, 0.4) is 0 Å². The highest BCUT2D eigenvalue weighted by Gasteiger charge is 2.29. The van der Waals surface area contributed by atoms with Crippen molar-refractivity contribution in [1.82, 2.24) is 16.0 Å². The summed E-state index contributed by atoms with van der Waals surface area (Å²) in [7, 11) is 0. The minimum atomic E-state index is -0.233. The first-order valence-electron chi connectivity index (χ1n) is 7.71. The third-order valence-corrected chi connectivity index (χ3v) is 3.17. The zero-order chi connectivity index (χ0) is 15.9. The molecule has 1 rings (SSSR count). The molecule has 7 heteroatoms. The molecule has 0 saturated carbocycles. The highest BCUT2D eigenvalue weighted by molar-refractivity contribution is 14.0. The predicted molar refractivity (Wildman–Crippen MR) is 101 cm³/mol. The molecule has 1 aliphatic heterocycles. The van der Waals surface area contributed by atoms with Crippen molar-refractivity contribution in [2.24, 2.45) is 4.99 Å². The van der Waals surface area contributed by atoms with E-state index < -0.39 is 0 Å². The molecule has 0 spiro atoms. The largest absolute Gasteiger partial charge is 0.373 e. The summed E-state index contributed by atoms with van der Waals surface area (Å²) in [5, 5.41) is 9.30. The fourth-order valence-corrected chi connectivity index (χ4v) is 2.20. The van der Waals surface area contributed by atoms with Crippen molar-refractivity contribution in [1.29, 1.82) is 0 Å². The van der Waals surface area contributed by atoms with Crippen LogP contribution in [-0.2, 0) is 9.53 Å². The van der Waals surface area contributed by atoms with Gasteiger partial charge < -0.3 is 20.7 Å². The Labute approximate surface area is 151 Å². The first-order chi connectivity index (χ1) is 9.74. The van der Waals surface area contributed by atoms with E-state index in [0.717, 1.165) is 26.0 Å². The summed E-state index contributed by atoms with van der Waals surface area (Å²) in [6.45, 7) is 12.3. The van der Waals surface area contributed by atoms with Crippen molar-refractivity contribution >= 4 is 35.8 Å². The Hall–Kier alpha value is -0.570. The van der Waals surface area contributed by atoms with Crippen LogP contribution < -0.4 is 16.0 Å². The van der Waals surface area contributed by atoms with Crippen LogP contribution in [0.25, 0.3) is 0 Å². The Bertz CT molecular complexity index is 374. The smallest absolute Gasteiger partial charge is 0.242 e. The molecule has 1 amide bonds. The number of nitrogens with one attached hydrogen (secondary N) is 3. The molecule has 0 radical (unpaired) electrons. The van der Waals surface area contributed by atoms with Gasteiger partial charge in [0, 0.05) is 25.2 Å². The Morgan fingerprint density at radius 2 is 2.00 bits per heavy atom. The molecule has 1 heterocycles. The van der Waals surface area contributed by atoms with Gasteiger partial charge in [0.25, 0.3) is 0 Å². The van der Waals surface area contributed by atoms with Crippen molar-refractivity contribution in [3.8, 4) is 0 Å². The summed E-state index contributed by atoms with van der Waals surface area (Å²) in [5.74, 6) is 0.571. The van der Waals surface area contributed by atoms with Crippen LogP contribution in [0.1, 0.15) is 47.5 Å². The molecule has 1 unspecified atom stereocenters. The Morgan fingerprint density at radius 3 is 2.50 bits per heavy atom. The summed E-state index contributed by atoms with van der Waals surface area (Å²) in [6, 6.07) is 0. The van der Waals surface area contributed by atoms with Crippen LogP contribution in [-0.4, -0.2) is 49.2 Å². The van der Waals surface area contributed by atoms with Gasteiger partial charge >= 0.3 is 0 Å². The van der Waals surface area contributed by atoms with Crippen molar-refractivity contribution in [2.75, 3.05) is 26.2 Å². The maximum absolute atomic E-state index is 11.8. The molecule has 0 bridgehead atoms. The van der Waals surface area contributed by atoms with E-state index in [1.54, 1.807) is 0 Å². The van der Waals surface area contributed by atoms with Crippen molar-refractivity contribution < 1.29 is 9.53 Å². The van der Waals surface area contributed by atoms with Gasteiger partial charge in [-0.2, -0.15) is 0 Å². The molecule has 1 atom stereocenters. The molecule has 1 fully saturated rings. The molecule has 0 aliphatic carbocycles. The van der Waals surface area contributed by atoms with Gasteiger partial charge in [-0.15, -0.1) is 24.0 Å². The van der Waals surface area contributed by atoms with Gasteiger partial charge in [-0.3, -0.25) is 4.79 Å². The number of hydrogen-bond donors (Lipinski definition) is 3. The first-order valence-corrected chi connectivity index (χ1v) is 7.71. The minimum Gasteiger partial charge on any atom is -0.373 e. The lowest BCUT2D eigenvalue weighted by molar-refractivity contribution is -0.121. The number of nitrogens with zero attached hydrogens (tertiary/aromatic N) is 1. The monoisotopic (exact) mass is 426 g/mol. The SMILES string of the molecule is CCNC(=NCC(=O)NC(C)(C)C)NCC1(C)CCCO1.I.